The molecule has 2 aromatic rings. The lowest BCUT2D eigenvalue weighted by atomic mass is 10.1. The van der Waals surface area contributed by atoms with Gasteiger partial charge in [0, 0.05) is 58.6 Å². The summed E-state index contributed by atoms with van der Waals surface area (Å²) in [6, 6.07) is 1.99. The summed E-state index contributed by atoms with van der Waals surface area (Å²) in [6.45, 7) is 4.72. The highest BCUT2D eigenvalue weighted by Gasteiger charge is 2.23. The van der Waals surface area contributed by atoms with Gasteiger partial charge >= 0.3 is 0 Å². The van der Waals surface area contributed by atoms with Gasteiger partial charge in [0.15, 0.2) is 0 Å². The lowest BCUT2D eigenvalue weighted by Gasteiger charge is -2.37. The normalized spacial score (nSPS) is 17.3. The van der Waals surface area contributed by atoms with Crippen LogP contribution in [0.2, 0.25) is 0 Å². The van der Waals surface area contributed by atoms with Crippen LogP contribution in [-0.4, -0.2) is 66.8 Å². The number of rotatable bonds is 3. The van der Waals surface area contributed by atoms with Gasteiger partial charge in [-0.2, -0.15) is 4.98 Å². The van der Waals surface area contributed by atoms with Crippen molar-refractivity contribution in [2.45, 2.75) is 19.3 Å². The third-order valence-electron chi connectivity index (χ3n) is 5.00. The molecule has 26 heavy (non-hydrogen) atoms. The van der Waals surface area contributed by atoms with E-state index in [-0.39, 0.29) is 0 Å². The van der Waals surface area contributed by atoms with E-state index in [0.29, 0.717) is 0 Å². The van der Waals surface area contributed by atoms with Gasteiger partial charge in [-0.15, -0.1) is 0 Å². The summed E-state index contributed by atoms with van der Waals surface area (Å²) in [7, 11) is 3.93. The molecule has 1 saturated heterocycles. The highest BCUT2D eigenvalue weighted by atomic mass is 15.3. The zero-order valence-electron chi connectivity index (χ0n) is 15.5. The number of hydrogen-bond acceptors (Lipinski definition) is 8. The first-order valence-corrected chi connectivity index (χ1v) is 9.30. The summed E-state index contributed by atoms with van der Waals surface area (Å²) >= 11 is 0. The number of piperazine rings is 1. The van der Waals surface area contributed by atoms with Crippen LogP contribution >= 0.6 is 0 Å². The van der Waals surface area contributed by atoms with E-state index in [9.17, 15) is 0 Å². The molecule has 0 atom stereocenters. The minimum atomic E-state index is 0.747. The van der Waals surface area contributed by atoms with Crippen LogP contribution < -0.4 is 20.0 Å². The Balaban J connectivity index is 1.48. The Morgan fingerprint density at radius 1 is 1.00 bits per heavy atom. The highest BCUT2D eigenvalue weighted by Crippen LogP contribution is 2.28. The first-order valence-electron chi connectivity index (χ1n) is 9.30. The van der Waals surface area contributed by atoms with Crippen LogP contribution in [0, 0.1) is 0 Å². The Morgan fingerprint density at radius 3 is 2.62 bits per heavy atom. The van der Waals surface area contributed by atoms with Gasteiger partial charge < -0.3 is 20.0 Å². The molecule has 2 aromatic heterocycles. The van der Waals surface area contributed by atoms with Crippen LogP contribution in [-0.2, 0) is 6.42 Å². The van der Waals surface area contributed by atoms with Crippen molar-refractivity contribution in [1.29, 1.82) is 0 Å². The third kappa shape index (κ3) is 3.36. The summed E-state index contributed by atoms with van der Waals surface area (Å²) in [5.74, 6) is 3.85. The molecule has 1 fully saturated rings. The first kappa shape index (κ1) is 16.8. The van der Waals surface area contributed by atoms with Crippen LogP contribution in [0.25, 0.3) is 0 Å². The van der Waals surface area contributed by atoms with Crippen molar-refractivity contribution in [3.05, 3.63) is 24.2 Å². The highest BCUT2D eigenvalue weighted by molar-refractivity contribution is 5.60. The second kappa shape index (κ2) is 7.31. The maximum Gasteiger partial charge on any atom is 0.226 e. The number of hydrogen-bond donors (Lipinski definition) is 1. The van der Waals surface area contributed by atoms with Gasteiger partial charge in [-0.1, -0.05) is 0 Å². The topological polar surface area (TPSA) is 73.3 Å². The van der Waals surface area contributed by atoms with Gasteiger partial charge in [0.25, 0.3) is 0 Å². The van der Waals surface area contributed by atoms with Crippen molar-refractivity contribution in [3.63, 3.8) is 0 Å². The molecule has 0 saturated carbocycles. The van der Waals surface area contributed by atoms with Gasteiger partial charge in [-0.05, 0) is 25.3 Å². The molecule has 0 radical (unpaired) electrons. The van der Waals surface area contributed by atoms with E-state index >= 15 is 0 Å². The molecule has 8 heteroatoms. The SMILES string of the molecule is CN(C)c1nccc(N2CCN(c3ncnc4c3CCCCN4)CC2)n1. The average Bonchev–Trinajstić information content (AvgIpc) is 2.93. The number of aromatic nitrogens is 4. The summed E-state index contributed by atoms with van der Waals surface area (Å²) in [6.07, 6.45) is 6.95. The van der Waals surface area contributed by atoms with Crippen molar-refractivity contribution in [2.24, 2.45) is 0 Å². The zero-order chi connectivity index (χ0) is 17.9. The van der Waals surface area contributed by atoms with Gasteiger partial charge in [0.05, 0.1) is 0 Å². The fourth-order valence-electron chi connectivity index (χ4n) is 3.57. The largest absolute Gasteiger partial charge is 0.370 e. The molecule has 0 amide bonds. The summed E-state index contributed by atoms with van der Waals surface area (Å²) in [4.78, 5) is 24.7. The predicted octanol–water partition coefficient (Wildman–Crippen LogP) is 1.41. The van der Waals surface area contributed by atoms with Crippen LogP contribution in [0.4, 0.5) is 23.4 Å². The second-order valence-electron chi connectivity index (χ2n) is 6.99. The predicted molar refractivity (Wildman–Crippen MR) is 104 cm³/mol. The van der Waals surface area contributed by atoms with E-state index in [4.69, 9.17) is 0 Å². The van der Waals surface area contributed by atoms with E-state index in [1.165, 1.54) is 18.4 Å². The van der Waals surface area contributed by atoms with Crippen LogP contribution in [0.3, 0.4) is 0 Å². The number of anilines is 4. The van der Waals surface area contributed by atoms with Crippen molar-refractivity contribution >= 4 is 23.4 Å². The molecule has 0 aliphatic carbocycles. The Labute approximate surface area is 154 Å². The molecule has 0 unspecified atom stereocenters. The maximum atomic E-state index is 4.66. The lowest BCUT2D eigenvalue weighted by molar-refractivity contribution is 0.636. The molecular formula is C18H26N8. The van der Waals surface area contributed by atoms with E-state index < -0.39 is 0 Å². The Kier molecular flexibility index (Phi) is 4.73. The van der Waals surface area contributed by atoms with Crippen molar-refractivity contribution < 1.29 is 0 Å². The second-order valence-corrected chi connectivity index (χ2v) is 6.99. The number of fused-ring (bicyclic) bond motifs is 1. The molecule has 0 spiro atoms. The monoisotopic (exact) mass is 354 g/mol. The Bertz CT molecular complexity index is 755. The third-order valence-corrected chi connectivity index (χ3v) is 5.00. The minimum Gasteiger partial charge on any atom is -0.370 e. The van der Waals surface area contributed by atoms with Crippen LogP contribution in [0.15, 0.2) is 18.6 Å². The summed E-state index contributed by atoms with van der Waals surface area (Å²) < 4.78 is 0. The average molecular weight is 354 g/mol. The summed E-state index contributed by atoms with van der Waals surface area (Å²) in [5.41, 5.74) is 1.27. The smallest absolute Gasteiger partial charge is 0.226 e. The molecular weight excluding hydrogens is 328 g/mol. The van der Waals surface area contributed by atoms with E-state index in [0.717, 1.165) is 62.5 Å². The Hall–Kier alpha value is -2.64. The van der Waals surface area contributed by atoms with E-state index in [2.05, 4.69) is 35.1 Å². The van der Waals surface area contributed by atoms with Gasteiger partial charge in [0.1, 0.15) is 23.8 Å². The molecule has 8 nitrogen and oxygen atoms in total. The van der Waals surface area contributed by atoms with Crippen molar-refractivity contribution in [3.8, 4) is 0 Å². The lowest BCUT2D eigenvalue weighted by Crippen LogP contribution is -2.47. The quantitative estimate of drug-likeness (QED) is 0.887. The Morgan fingerprint density at radius 2 is 1.81 bits per heavy atom. The van der Waals surface area contributed by atoms with Gasteiger partial charge in [-0.3, -0.25) is 0 Å². The van der Waals surface area contributed by atoms with Crippen molar-refractivity contribution in [1.82, 2.24) is 19.9 Å². The van der Waals surface area contributed by atoms with Gasteiger partial charge in [-0.25, -0.2) is 15.0 Å². The maximum absolute atomic E-state index is 4.66. The molecule has 1 N–H and O–H groups in total. The zero-order valence-corrected chi connectivity index (χ0v) is 15.5. The molecule has 4 rings (SSSR count). The first-order chi connectivity index (χ1) is 12.7. The van der Waals surface area contributed by atoms with E-state index in [1.54, 1.807) is 6.33 Å². The standard InChI is InChI=1S/C18H26N8/c1-24(2)18-20-8-6-15(23-18)25-9-11-26(12-10-25)17-14-5-3-4-7-19-16(14)21-13-22-17/h6,8,13H,3-5,7,9-12H2,1-2H3,(H,19,21,22). The van der Waals surface area contributed by atoms with Crippen molar-refractivity contribution in [2.75, 3.05) is 66.8 Å². The molecule has 2 aliphatic rings. The molecule has 0 aromatic carbocycles. The number of nitrogens with zero attached hydrogens (tertiary/aromatic N) is 7. The fourth-order valence-corrected chi connectivity index (χ4v) is 3.57. The van der Waals surface area contributed by atoms with Gasteiger partial charge in [0.2, 0.25) is 5.95 Å². The van der Waals surface area contributed by atoms with E-state index in [1.807, 2.05) is 31.3 Å². The molecule has 0 bridgehead atoms. The molecule has 4 heterocycles. The summed E-state index contributed by atoms with van der Waals surface area (Å²) in [5, 5.41) is 3.45. The molecule has 138 valence electrons. The fraction of sp³-hybridized carbons (Fsp3) is 0.556. The van der Waals surface area contributed by atoms with Crippen LogP contribution in [0.5, 0.6) is 0 Å². The molecule has 2 aliphatic heterocycles. The minimum absolute atomic E-state index is 0.747. The van der Waals surface area contributed by atoms with Crippen LogP contribution in [0.1, 0.15) is 18.4 Å². The number of nitrogens with one attached hydrogen (secondary N) is 1.